The lowest BCUT2D eigenvalue weighted by atomic mass is 10.1. The van der Waals surface area contributed by atoms with Crippen molar-refractivity contribution < 1.29 is 22.7 Å². The van der Waals surface area contributed by atoms with Crippen LogP contribution in [0.15, 0.2) is 18.3 Å². The number of pyridine rings is 1. The number of nitrogens with one attached hydrogen (secondary N) is 2. The van der Waals surface area contributed by atoms with Crippen molar-refractivity contribution in [1.82, 2.24) is 15.2 Å². The van der Waals surface area contributed by atoms with Gasteiger partial charge in [-0.25, -0.2) is 9.78 Å². The maximum atomic E-state index is 12.3. The molecule has 9 heteroatoms. The van der Waals surface area contributed by atoms with Crippen LogP contribution >= 0.6 is 0 Å². The average Bonchev–Trinajstić information content (AvgIpc) is 2.91. The highest BCUT2D eigenvalue weighted by atomic mass is 19.4. The van der Waals surface area contributed by atoms with Crippen molar-refractivity contribution in [3.8, 4) is 5.88 Å². The van der Waals surface area contributed by atoms with E-state index in [2.05, 4.69) is 15.6 Å². The van der Waals surface area contributed by atoms with Gasteiger partial charge >= 0.3 is 12.2 Å². The molecule has 6 nitrogen and oxygen atoms in total. The number of nitrogens with zero attached hydrogens (tertiary/aromatic N) is 2. The van der Waals surface area contributed by atoms with Gasteiger partial charge in [-0.05, 0) is 24.9 Å². The van der Waals surface area contributed by atoms with E-state index in [9.17, 15) is 18.0 Å². The number of aromatic nitrogens is 1. The number of carbonyl (C=O) groups excluding carboxylic acids is 1. The van der Waals surface area contributed by atoms with E-state index < -0.39 is 18.8 Å². The molecule has 0 aromatic carbocycles. The zero-order valence-electron chi connectivity index (χ0n) is 12.7. The van der Waals surface area contributed by atoms with Gasteiger partial charge in [-0.15, -0.1) is 0 Å². The third-order valence-electron chi connectivity index (χ3n) is 3.53. The molecule has 2 N–H and O–H groups in total. The minimum absolute atomic E-state index is 0.0251. The highest BCUT2D eigenvalue weighted by Gasteiger charge is 2.34. The first-order chi connectivity index (χ1) is 10.9. The first-order valence-corrected chi connectivity index (χ1v) is 7.20. The van der Waals surface area contributed by atoms with E-state index >= 15 is 0 Å². The summed E-state index contributed by atoms with van der Waals surface area (Å²) in [5.41, 5.74) is 0.508. The monoisotopic (exact) mass is 332 g/mol. The molecule has 0 spiro atoms. The fourth-order valence-electron chi connectivity index (χ4n) is 2.46. The molecule has 2 amide bonds. The molecule has 1 fully saturated rings. The van der Waals surface area contributed by atoms with Crippen molar-refractivity contribution in [3.63, 3.8) is 0 Å². The Balaban J connectivity index is 1.70. The molecule has 1 atom stereocenters. The minimum Gasteiger partial charge on any atom is -0.481 e. The number of likely N-dealkylation sites (tertiary alicyclic amines) is 1. The van der Waals surface area contributed by atoms with Gasteiger partial charge in [0, 0.05) is 19.2 Å². The van der Waals surface area contributed by atoms with Crippen molar-refractivity contribution in [2.75, 3.05) is 38.6 Å². The van der Waals surface area contributed by atoms with Crippen LogP contribution in [0, 0.1) is 5.92 Å². The number of alkyl halides is 3. The Morgan fingerprint density at radius 2 is 2.26 bits per heavy atom. The summed E-state index contributed by atoms with van der Waals surface area (Å²) in [4.78, 5) is 17.1. The highest BCUT2D eigenvalue weighted by Crippen LogP contribution is 2.22. The van der Waals surface area contributed by atoms with Crippen LogP contribution in [0.3, 0.4) is 0 Å². The normalized spacial score (nSPS) is 18.7. The van der Waals surface area contributed by atoms with E-state index in [1.54, 1.807) is 12.1 Å². The van der Waals surface area contributed by atoms with Gasteiger partial charge in [0.15, 0.2) is 0 Å². The molecule has 1 unspecified atom stereocenters. The van der Waals surface area contributed by atoms with Crippen LogP contribution in [0.4, 0.5) is 23.7 Å². The third kappa shape index (κ3) is 5.93. The van der Waals surface area contributed by atoms with Crippen LogP contribution in [-0.2, 0) is 0 Å². The zero-order valence-corrected chi connectivity index (χ0v) is 12.7. The summed E-state index contributed by atoms with van der Waals surface area (Å²) in [6, 6.07) is 2.85. The molecule has 2 rings (SSSR count). The number of methoxy groups -OCH3 is 1. The van der Waals surface area contributed by atoms with Crippen LogP contribution < -0.4 is 15.4 Å². The molecule has 23 heavy (non-hydrogen) atoms. The molecule has 0 radical (unpaired) electrons. The Labute approximate surface area is 132 Å². The van der Waals surface area contributed by atoms with Crippen LogP contribution in [0.5, 0.6) is 5.88 Å². The first-order valence-electron chi connectivity index (χ1n) is 7.20. The number of rotatable bonds is 5. The van der Waals surface area contributed by atoms with E-state index in [0.717, 1.165) is 0 Å². The topological polar surface area (TPSA) is 66.5 Å². The highest BCUT2D eigenvalue weighted by molar-refractivity contribution is 5.88. The molecular formula is C14H19F3N4O2. The van der Waals surface area contributed by atoms with Crippen molar-refractivity contribution >= 4 is 11.7 Å². The summed E-state index contributed by atoms with van der Waals surface area (Å²) in [7, 11) is 1.49. The molecule has 1 aliphatic heterocycles. The fraction of sp³-hybridized carbons (Fsp3) is 0.571. The summed E-state index contributed by atoms with van der Waals surface area (Å²) in [6.45, 7) is 0.177. The smallest absolute Gasteiger partial charge is 0.401 e. The Kier molecular flexibility index (Phi) is 5.64. The van der Waals surface area contributed by atoms with Crippen molar-refractivity contribution in [1.29, 1.82) is 0 Å². The lowest BCUT2D eigenvalue weighted by molar-refractivity contribution is -0.143. The summed E-state index contributed by atoms with van der Waals surface area (Å²) >= 11 is 0. The Morgan fingerprint density at radius 3 is 2.87 bits per heavy atom. The van der Waals surface area contributed by atoms with E-state index in [1.807, 2.05) is 0 Å². The maximum Gasteiger partial charge on any atom is 0.401 e. The van der Waals surface area contributed by atoms with Gasteiger partial charge in [0.2, 0.25) is 5.88 Å². The quantitative estimate of drug-likeness (QED) is 0.867. The van der Waals surface area contributed by atoms with Crippen LogP contribution in [0.1, 0.15) is 6.42 Å². The van der Waals surface area contributed by atoms with Crippen molar-refractivity contribution in [2.45, 2.75) is 12.6 Å². The van der Waals surface area contributed by atoms with Crippen molar-refractivity contribution in [2.24, 2.45) is 5.92 Å². The minimum atomic E-state index is -4.18. The summed E-state index contributed by atoms with van der Waals surface area (Å²) in [6.07, 6.45) is -2.08. The number of anilines is 1. The number of halogens is 3. The fourth-order valence-corrected chi connectivity index (χ4v) is 2.46. The van der Waals surface area contributed by atoms with Crippen LogP contribution in [-0.4, -0.2) is 55.4 Å². The van der Waals surface area contributed by atoms with E-state index in [-0.39, 0.29) is 5.92 Å². The molecule has 0 saturated carbocycles. The number of urea groups is 1. The van der Waals surface area contributed by atoms with Gasteiger partial charge in [-0.2, -0.15) is 13.2 Å². The number of carbonyl (C=O) groups is 1. The van der Waals surface area contributed by atoms with E-state index in [1.165, 1.54) is 18.2 Å². The second-order valence-corrected chi connectivity index (χ2v) is 5.43. The predicted octanol–water partition coefficient (Wildman–Crippen LogP) is 2.10. The van der Waals surface area contributed by atoms with Gasteiger partial charge in [-0.1, -0.05) is 0 Å². The molecule has 1 aliphatic rings. The number of hydrogen-bond acceptors (Lipinski definition) is 4. The third-order valence-corrected chi connectivity index (χ3v) is 3.53. The summed E-state index contributed by atoms with van der Waals surface area (Å²) < 4.78 is 41.8. The van der Waals surface area contributed by atoms with Gasteiger partial charge in [0.25, 0.3) is 0 Å². The molecule has 0 bridgehead atoms. The number of ether oxygens (including phenoxy) is 1. The maximum absolute atomic E-state index is 12.3. The number of hydrogen-bond donors (Lipinski definition) is 2. The molecular weight excluding hydrogens is 313 g/mol. The van der Waals surface area contributed by atoms with Gasteiger partial charge in [-0.3, -0.25) is 4.90 Å². The first kappa shape index (κ1) is 17.3. The Bertz CT molecular complexity index is 522. The molecule has 128 valence electrons. The second kappa shape index (κ2) is 7.49. The van der Waals surface area contributed by atoms with Crippen LogP contribution in [0.25, 0.3) is 0 Å². The molecule has 2 heterocycles. The number of amides is 2. The predicted molar refractivity (Wildman–Crippen MR) is 78.4 cm³/mol. The Morgan fingerprint density at radius 1 is 1.48 bits per heavy atom. The van der Waals surface area contributed by atoms with E-state index in [0.29, 0.717) is 37.6 Å². The largest absolute Gasteiger partial charge is 0.481 e. The summed E-state index contributed by atoms with van der Waals surface area (Å²) in [5.74, 6) is 0.462. The second-order valence-electron chi connectivity index (χ2n) is 5.43. The standard InChI is InChI=1S/C14H19F3N4O2/c1-23-12-3-2-11(7-18-12)20-13(22)19-6-10-4-5-21(8-10)9-14(15,16)17/h2-3,7,10H,4-6,8-9H2,1H3,(H2,19,20,22). The molecule has 1 aromatic heterocycles. The Hall–Kier alpha value is -2.03. The molecule has 1 aromatic rings. The zero-order chi connectivity index (χ0) is 16.9. The average molecular weight is 332 g/mol. The molecule has 1 saturated heterocycles. The van der Waals surface area contributed by atoms with Crippen molar-refractivity contribution in [3.05, 3.63) is 18.3 Å². The lowest BCUT2D eigenvalue weighted by Gasteiger charge is -2.18. The van der Waals surface area contributed by atoms with E-state index in [4.69, 9.17) is 4.74 Å². The van der Waals surface area contributed by atoms with Gasteiger partial charge in [0.05, 0.1) is 25.5 Å². The van der Waals surface area contributed by atoms with Crippen LogP contribution in [0.2, 0.25) is 0 Å². The van der Waals surface area contributed by atoms with Gasteiger partial charge in [0.1, 0.15) is 0 Å². The SMILES string of the molecule is COc1ccc(NC(=O)NCC2CCN(CC(F)(F)F)C2)cn1. The lowest BCUT2D eigenvalue weighted by Crippen LogP contribution is -2.36. The molecule has 0 aliphatic carbocycles. The van der Waals surface area contributed by atoms with Gasteiger partial charge < -0.3 is 15.4 Å². The summed E-state index contributed by atoms with van der Waals surface area (Å²) in [5, 5.41) is 5.27.